The summed E-state index contributed by atoms with van der Waals surface area (Å²) in [6, 6.07) is 6.19. The normalized spacial score (nSPS) is 10.8. The van der Waals surface area contributed by atoms with Crippen LogP contribution < -0.4 is 4.74 Å². The van der Waals surface area contributed by atoms with Gasteiger partial charge in [0.1, 0.15) is 5.75 Å². The molecule has 1 aromatic carbocycles. The first kappa shape index (κ1) is 13.4. The minimum Gasteiger partial charge on any atom is -0.496 e. The summed E-state index contributed by atoms with van der Waals surface area (Å²) in [6.45, 7) is 1.74. The van der Waals surface area contributed by atoms with Crippen molar-refractivity contribution < 1.29 is 9.84 Å². The zero-order chi connectivity index (χ0) is 12.0. The number of nitrogens with zero attached hydrogens (tertiary/aromatic N) is 1. The molecule has 0 saturated heterocycles. The largest absolute Gasteiger partial charge is 0.496 e. The summed E-state index contributed by atoms with van der Waals surface area (Å²) in [6.07, 6.45) is 2.04. The second-order valence-corrected chi connectivity index (χ2v) is 4.50. The molecular weight excluding hydrogens is 222 g/mol. The minimum atomic E-state index is 0.196. The average Bonchev–Trinajstić information content (AvgIpc) is 2.29. The van der Waals surface area contributed by atoms with Crippen molar-refractivity contribution in [1.29, 1.82) is 0 Å². The molecule has 0 fully saturated rings. The van der Waals surface area contributed by atoms with Gasteiger partial charge in [-0.1, -0.05) is 6.07 Å². The van der Waals surface area contributed by atoms with E-state index in [1.165, 1.54) is 5.56 Å². The number of aliphatic hydroxyl groups is 1. The number of methoxy groups -OCH3 is 1. The van der Waals surface area contributed by atoms with E-state index >= 15 is 0 Å². The molecule has 0 aromatic heterocycles. The van der Waals surface area contributed by atoms with Gasteiger partial charge in [-0.2, -0.15) is 0 Å². The van der Waals surface area contributed by atoms with Crippen LogP contribution in [0.1, 0.15) is 5.56 Å². The van der Waals surface area contributed by atoms with Crippen LogP contribution in [0.15, 0.2) is 23.1 Å². The van der Waals surface area contributed by atoms with E-state index in [0.29, 0.717) is 6.54 Å². The van der Waals surface area contributed by atoms with Gasteiger partial charge in [0, 0.05) is 18.0 Å². The van der Waals surface area contributed by atoms with Gasteiger partial charge in [0.25, 0.3) is 0 Å². The Morgan fingerprint density at radius 3 is 2.75 bits per heavy atom. The summed E-state index contributed by atoms with van der Waals surface area (Å²) < 4.78 is 5.27. The third-order valence-electron chi connectivity index (χ3n) is 2.38. The molecular formula is C12H19NO2S. The fourth-order valence-corrected chi connectivity index (χ4v) is 2.16. The number of likely N-dealkylation sites (N-methyl/N-ethyl adjacent to an activating group) is 1. The summed E-state index contributed by atoms with van der Waals surface area (Å²) in [5.74, 6) is 0.918. The fraction of sp³-hybridized carbons (Fsp3) is 0.500. The fourth-order valence-electron chi connectivity index (χ4n) is 1.54. The van der Waals surface area contributed by atoms with Crippen molar-refractivity contribution in [1.82, 2.24) is 4.90 Å². The second kappa shape index (κ2) is 6.78. The van der Waals surface area contributed by atoms with Crippen LogP contribution >= 0.6 is 11.8 Å². The molecule has 0 bridgehead atoms. The highest BCUT2D eigenvalue weighted by Gasteiger charge is 2.05. The Labute approximate surface area is 101 Å². The van der Waals surface area contributed by atoms with Crippen LogP contribution in [0.4, 0.5) is 0 Å². The van der Waals surface area contributed by atoms with Gasteiger partial charge in [-0.05, 0) is 31.0 Å². The van der Waals surface area contributed by atoms with E-state index in [-0.39, 0.29) is 6.61 Å². The highest BCUT2D eigenvalue weighted by atomic mass is 32.2. The van der Waals surface area contributed by atoms with Crippen LogP contribution in [0.3, 0.4) is 0 Å². The van der Waals surface area contributed by atoms with Crippen molar-refractivity contribution in [2.24, 2.45) is 0 Å². The predicted octanol–water partition coefficient (Wildman–Crippen LogP) is 1.84. The zero-order valence-electron chi connectivity index (χ0n) is 10.1. The molecule has 0 amide bonds. The molecule has 0 saturated carbocycles. The number of hydrogen-bond donors (Lipinski definition) is 1. The lowest BCUT2D eigenvalue weighted by Crippen LogP contribution is -2.21. The molecule has 0 atom stereocenters. The molecule has 90 valence electrons. The van der Waals surface area contributed by atoms with Crippen molar-refractivity contribution in [3.05, 3.63) is 23.8 Å². The highest BCUT2D eigenvalue weighted by Crippen LogP contribution is 2.28. The molecule has 0 aliphatic heterocycles. The number of ether oxygens (including phenoxy) is 1. The Hall–Kier alpha value is -0.710. The number of aliphatic hydroxyl groups excluding tert-OH is 1. The molecule has 0 heterocycles. The van der Waals surface area contributed by atoms with E-state index in [1.54, 1.807) is 18.9 Å². The monoisotopic (exact) mass is 241 g/mol. The van der Waals surface area contributed by atoms with E-state index in [4.69, 9.17) is 9.84 Å². The maximum atomic E-state index is 8.83. The molecule has 1 aromatic rings. The molecule has 1 rings (SSSR count). The van der Waals surface area contributed by atoms with Gasteiger partial charge in [0.05, 0.1) is 13.7 Å². The smallest absolute Gasteiger partial charge is 0.132 e. The van der Waals surface area contributed by atoms with Crippen molar-refractivity contribution in [2.75, 3.05) is 33.6 Å². The highest BCUT2D eigenvalue weighted by molar-refractivity contribution is 7.98. The van der Waals surface area contributed by atoms with E-state index in [2.05, 4.69) is 17.0 Å². The van der Waals surface area contributed by atoms with Crippen molar-refractivity contribution in [3.63, 3.8) is 0 Å². The Morgan fingerprint density at radius 1 is 1.44 bits per heavy atom. The number of rotatable bonds is 6. The Balaban J connectivity index is 2.74. The first-order chi connectivity index (χ1) is 7.71. The molecule has 1 N–H and O–H groups in total. The lowest BCUT2D eigenvalue weighted by Gasteiger charge is -2.16. The van der Waals surface area contributed by atoms with Crippen LogP contribution in [0.2, 0.25) is 0 Å². The van der Waals surface area contributed by atoms with E-state index in [9.17, 15) is 0 Å². The molecule has 0 spiro atoms. The first-order valence-electron chi connectivity index (χ1n) is 5.21. The number of thioether (sulfide) groups is 1. The summed E-state index contributed by atoms with van der Waals surface area (Å²) >= 11 is 1.68. The standard InChI is InChI=1S/C12H19NO2S/c1-13(6-7-14)9-10-4-5-11(15-2)12(8-10)16-3/h4-5,8,14H,6-7,9H2,1-3H3. The predicted molar refractivity (Wildman–Crippen MR) is 68.2 cm³/mol. The van der Waals surface area contributed by atoms with Gasteiger partial charge < -0.3 is 9.84 Å². The molecule has 0 aliphatic carbocycles. The maximum absolute atomic E-state index is 8.83. The topological polar surface area (TPSA) is 32.7 Å². The lowest BCUT2D eigenvalue weighted by molar-refractivity contribution is 0.217. The van der Waals surface area contributed by atoms with Crippen molar-refractivity contribution in [3.8, 4) is 5.75 Å². The summed E-state index contributed by atoms with van der Waals surface area (Å²) in [4.78, 5) is 3.24. The molecule has 0 unspecified atom stereocenters. The summed E-state index contributed by atoms with van der Waals surface area (Å²) in [5.41, 5.74) is 1.24. The summed E-state index contributed by atoms with van der Waals surface area (Å²) in [7, 11) is 3.69. The van der Waals surface area contributed by atoms with E-state index < -0.39 is 0 Å². The van der Waals surface area contributed by atoms with Crippen molar-refractivity contribution >= 4 is 11.8 Å². The van der Waals surface area contributed by atoms with Crippen LogP contribution in [-0.4, -0.2) is 43.6 Å². The second-order valence-electron chi connectivity index (χ2n) is 3.65. The molecule has 3 nitrogen and oxygen atoms in total. The first-order valence-corrected chi connectivity index (χ1v) is 6.44. The van der Waals surface area contributed by atoms with Crippen LogP contribution in [0.5, 0.6) is 5.75 Å². The molecule has 0 aliphatic rings. The number of hydrogen-bond acceptors (Lipinski definition) is 4. The van der Waals surface area contributed by atoms with Crippen molar-refractivity contribution in [2.45, 2.75) is 11.4 Å². The van der Waals surface area contributed by atoms with Gasteiger partial charge in [-0.25, -0.2) is 0 Å². The SMILES string of the molecule is COc1ccc(CN(C)CCO)cc1SC. The lowest BCUT2D eigenvalue weighted by atomic mass is 10.2. The van der Waals surface area contributed by atoms with Gasteiger partial charge in [-0.15, -0.1) is 11.8 Å². The Morgan fingerprint density at radius 2 is 2.19 bits per heavy atom. The molecule has 4 heteroatoms. The van der Waals surface area contributed by atoms with Gasteiger partial charge in [0.15, 0.2) is 0 Å². The third-order valence-corrected chi connectivity index (χ3v) is 3.14. The van der Waals surface area contributed by atoms with Crippen LogP contribution in [0, 0.1) is 0 Å². The van der Waals surface area contributed by atoms with Gasteiger partial charge in [-0.3, -0.25) is 4.90 Å². The molecule has 0 radical (unpaired) electrons. The number of benzene rings is 1. The third kappa shape index (κ3) is 3.70. The summed E-state index contributed by atoms with van der Waals surface area (Å²) in [5, 5.41) is 8.83. The van der Waals surface area contributed by atoms with E-state index in [0.717, 1.165) is 17.2 Å². The zero-order valence-corrected chi connectivity index (χ0v) is 10.9. The van der Waals surface area contributed by atoms with E-state index in [1.807, 2.05) is 19.4 Å². The minimum absolute atomic E-state index is 0.196. The quantitative estimate of drug-likeness (QED) is 0.770. The Kier molecular flexibility index (Phi) is 5.66. The van der Waals surface area contributed by atoms with Crippen LogP contribution in [-0.2, 0) is 6.54 Å². The van der Waals surface area contributed by atoms with Crippen LogP contribution in [0.25, 0.3) is 0 Å². The maximum Gasteiger partial charge on any atom is 0.132 e. The average molecular weight is 241 g/mol. The Bertz CT molecular complexity index is 331. The molecule has 16 heavy (non-hydrogen) atoms. The van der Waals surface area contributed by atoms with Gasteiger partial charge >= 0.3 is 0 Å². The van der Waals surface area contributed by atoms with Gasteiger partial charge in [0.2, 0.25) is 0 Å².